The summed E-state index contributed by atoms with van der Waals surface area (Å²) in [7, 11) is 0. The maximum atomic E-state index is 13.7. The Bertz CT molecular complexity index is 522. The van der Waals surface area contributed by atoms with Crippen molar-refractivity contribution in [1.29, 1.82) is 0 Å². The predicted molar refractivity (Wildman–Crippen MR) is 66.3 cm³/mol. The van der Waals surface area contributed by atoms with E-state index in [4.69, 9.17) is 5.11 Å². The van der Waals surface area contributed by atoms with Crippen molar-refractivity contribution in [1.82, 2.24) is 4.90 Å². The Morgan fingerprint density at radius 3 is 2.55 bits per heavy atom. The molecule has 6 nitrogen and oxygen atoms in total. The van der Waals surface area contributed by atoms with Crippen LogP contribution < -0.4 is 0 Å². The lowest BCUT2D eigenvalue weighted by atomic mass is 10.1. The van der Waals surface area contributed by atoms with Crippen LogP contribution in [0.15, 0.2) is 12.1 Å². The summed E-state index contributed by atoms with van der Waals surface area (Å²) in [6, 6.07) is 0.917. The van der Waals surface area contributed by atoms with Gasteiger partial charge in [-0.2, -0.15) is 4.39 Å². The summed E-state index contributed by atoms with van der Waals surface area (Å²) >= 11 is 0. The Balaban J connectivity index is 3.09. The molecule has 110 valence electrons. The van der Waals surface area contributed by atoms with E-state index in [1.54, 1.807) is 6.92 Å². The third-order valence-electron chi connectivity index (χ3n) is 2.72. The molecule has 0 spiro atoms. The average molecular weight is 288 g/mol. The Morgan fingerprint density at radius 1 is 1.40 bits per heavy atom. The molecule has 0 aromatic heterocycles. The van der Waals surface area contributed by atoms with Crippen LogP contribution in [-0.2, 0) is 0 Å². The monoisotopic (exact) mass is 288 g/mol. The van der Waals surface area contributed by atoms with Gasteiger partial charge in [0.25, 0.3) is 5.91 Å². The van der Waals surface area contributed by atoms with Gasteiger partial charge in [0.1, 0.15) is 5.82 Å². The summed E-state index contributed by atoms with van der Waals surface area (Å²) < 4.78 is 27.1. The molecule has 0 bridgehead atoms. The highest BCUT2D eigenvalue weighted by molar-refractivity contribution is 5.94. The molecule has 0 aliphatic carbocycles. The molecule has 8 heteroatoms. The van der Waals surface area contributed by atoms with Crippen molar-refractivity contribution < 1.29 is 23.6 Å². The normalized spacial score (nSPS) is 10.4. The van der Waals surface area contributed by atoms with Crippen LogP contribution in [0.25, 0.3) is 0 Å². The van der Waals surface area contributed by atoms with Crippen LogP contribution in [0.4, 0.5) is 14.5 Å². The predicted octanol–water partition coefficient (Wildman–Crippen LogP) is 1.72. The van der Waals surface area contributed by atoms with Crippen LogP contribution >= 0.6 is 0 Å². The molecule has 1 rings (SSSR count). The number of halogens is 2. The van der Waals surface area contributed by atoms with Gasteiger partial charge in [-0.1, -0.05) is 0 Å². The number of aliphatic hydroxyl groups excluding tert-OH is 1. The number of nitro groups is 1. The van der Waals surface area contributed by atoms with Crippen molar-refractivity contribution in [2.45, 2.75) is 13.3 Å². The highest BCUT2D eigenvalue weighted by Gasteiger charge is 2.24. The number of benzene rings is 1. The van der Waals surface area contributed by atoms with Crippen molar-refractivity contribution >= 4 is 11.6 Å². The van der Waals surface area contributed by atoms with E-state index in [0.717, 1.165) is 0 Å². The molecule has 1 aromatic rings. The minimum absolute atomic E-state index is 0.138. The number of hydrogen-bond acceptors (Lipinski definition) is 4. The number of hydrogen-bond donors (Lipinski definition) is 1. The summed E-state index contributed by atoms with van der Waals surface area (Å²) in [5.74, 6) is -3.18. The highest BCUT2D eigenvalue weighted by Crippen LogP contribution is 2.22. The number of aliphatic hydroxyl groups is 1. The minimum atomic E-state index is -1.27. The molecular weight excluding hydrogens is 274 g/mol. The molecule has 20 heavy (non-hydrogen) atoms. The first-order valence-corrected chi connectivity index (χ1v) is 5.95. The fourth-order valence-corrected chi connectivity index (χ4v) is 1.68. The molecule has 0 radical (unpaired) electrons. The third kappa shape index (κ3) is 3.47. The first-order chi connectivity index (χ1) is 9.42. The molecule has 0 saturated carbocycles. The Kier molecular flexibility index (Phi) is 5.51. The number of nitro benzene ring substituents is 1. The Hall–Kier alpha value is -2.09. The summed E-state index contributed by atoms with van der Waals surface area (Å²) in [6.45, 7) is 1.94. The van der Waals surface area contributed by atoms with Crippen molar-refractivity contribution in [3.8, 4) is 0 Å². The maximum absolute atomic E-state index is 13.7. The minimum Gasteiger partial charge on any atom is -0.396 e. The first kappa shape index (κ1) is 16.0. The lowest BCUT2D eigenvalue weighted by Crippen LogP contribution is -2.33. The van der Waals surface area contributed by atoms with E-state index in [1.165, 1.54) is 4.90 Å². The quantitative estimate of drug-likeness (QED) is 0.638. The molecule has 0 unspecified atom stereocenters. The number of carbonyl (C=O) groups is 1. The van der Waals surface area contributed by atoms with Crippen LogP contribution in [0.1, 0.15) is 23.7 Å². The number of rotatable bonds is 6. The van der Waals surface area contributed by atoms with Crippen molar-refractivity contribution in [2.24, 2.45) is 0 Å². The van der Waals surface area contributed by atoms with Crippen LogP contribution in [0, 0.1) is 21.7 Å². The fraction of sp³-hybridized carbons (Fsp3) is 0.417. The van der Waals surface area contributed by atoms with E-state index in [-0.39, 0.29) is 19.7 Å². The van der Waals surface area contributed by atoms with Gasteiger partial charge >= 0.3 is 5.69 Å². The SMILES string of the molecule is CCN(CCCO)C(=O)c1cc(F)c([N+](=O)[O-])cc1F. The Morgan fingerprint density at radius 2 is 2.05 bits per heavy atom. The molecular formula is C12H14F2N2O4. The number of carbonyl (C=O) groups excluding carboxylic acids is 1. The van der Waals surface area contributed by atoms with Gasteiger partial charge in [0, 0.05) is 19.7 Å². The van der Waals surface area contributed by atoms with Crippen molar-refractivity contribution in [3.05, 3.63) is 39.4 Å². The third-order valence-corrected chi connectivity index (χ3v) is 2.72. The maximum Gasteiger partial charge on any atom is 0.307 e. The van der Waals surface area contributed by atoms with Gasteiger partial charge in [0.2, 0.25) is 5.82 Å². The van der Waals surface area contributed by atoms with E-state index in [0.29, 0.717) is 18.6 Å². The summed E-state index contributed by atoms with van der Waals surface area (Å²) in [5, 5.41) is 19.2. The van der Waals surface area contributed by atoms with E-state index in [2.05, 4.69) is 0 Å². The smallest absolute Gasteiger partial charge is 0.307 e. The first-order valence-electron chi connectivity index (χ1n) is 5.95. The van der Waals surface area contributed by atoms with Gasteiger partial charge in [-0.05, 0) is 19.4 Å². The lowest BCUT2D eigenvalue weighted by Gasteiger charge is -2.20. The topological polar surface area (TPSA) is 83.7 Å². The number of nitrogens with zero attached hydrogens (tertiary/aromatic N) is 2. The zero-order valence-corrected chi connectivity index (χ0v) is 10.8. The van der Waals surface area contributed by atoms with Gasteiger partial charge in [-0.25, -0.2) is 4.39 Å². The van der Waals surface area contributed by atoms with Crippen LogP contribution in [0.3, 0.4) is 0 Å². The molecule has 0 fully saturated rings. The molecule has 1 amide bonds. The van der Waals surface area contributed by atoms with Crippen LogP contribution in [0.2, 0.25) is 0 Å². The Labute approximate surface area is 113 Å². The molecule has 1 aromatic carbocycles. The summed E-state index contributed by atoms with van der Waals surface area (Å²) in [6.07, 6.45) is 0.302. The molecule has 0 aliphatic rings. The average Bonchev–Trinajstić information content (AvgIpc) is 2.41. The van der Waals surface area contributed by atoms with Crippen molar-refractivity contribution in [2.75, 3.05) is 19.7 Å². The fourth-order valence-electron chi connectivity index (χ4n) is 1.68. The van der Waals surface area contributed by atoms with Crippen LogP contribution in [-0.4, -0.2) is 40.5 Å². The van der Waals surface area contributed by atoms with Gasteiger partial charge in [0.15, 0.2) is 0 Å². The largest absolute Gasteiger partial charge is 0.396 e. The van der Waals surface area contributed by atoms with Gasteiger partial charge in [0.05, 0.1) is 16.6 Å². The zero-order chi connectivity index (χ0) is 15.3. The second-order valence-electron chi connectivity index (χ2n) is 4.00. The second kappa shape index (κ2) is 6.90. The van der Waals surface area contributed by atoms with Crippen LogP contribution in [0.5, 0.6) is 0 Å². The second-order valence-corrected chi connectivity index (χ2v) is 4.00. The molecule has 0 saturated heterocycles. The summed E-state index contributed by atoms with van der Waals surface area (Å²) in [4.78, 5) is 22.6. The van der Waals surface area contributed by atoms with Gasteiger partial charge in [-0.15, -0.1) is 0 Å². The molecule has 0 atom stereocenters. The van der Waals surface area contributed by atoms with E-state index >= 15 is 0 Å². The van der Waals surface area contributed by atoms with E-state index in [9.17, 15) is 23.7 Å². The molecule has 0 heterocycles. The molecule has 1 N–H and O–H groups in total. The highest BCUT2D eigenvalue weighted by atomic mass is 19.1. The zero-order valence-electron chi connectivity index (χ0n) is 10.8. The standard InChI is InChI=1S/C12H14F2N2O4/c1-2-15(4-3-5-17)12(18)8-6-10(14)11(16(19)20)7-9(8)13/h6-7,17H,2-5H2,1H3. The van der Waals surface area contributed by atoms with Crippen molar-refractivity contribution in [3.63, 3.8) is 0 Å². The van der Waals surface area contributed by atoms with Gasteiger partial charge < -0.3 is 10.0 Å². The molecule has 0 aliphatic heterocycles. The number of amides is 1. The van der Waals surface area contributed by atoms with E-state index < -0.39 is 33.7 Å². The van der Waals surface area contributed by atoms with E-state index in [1.807, 2.05) is 0 Å². The summed E-state index contributed by atoms with van der Waals surface area (Å²) in [5.41, 5.74) is -1.58. The van der Waals surface area contributed by atoms with Gasteiger partial charge in [-0.3, -0.25) is 14.9 Å². The lowest BCUT2D eigenvalue weighted by molar-refractivity contribution is -0.387.